The number of benzene rings is 1. The quantitative estimate of drug-likeness (QED) is 0.568. The van der Waals surface area contributed by atoms with Crippen molar-refractivity contribution in [2.75, 3.05) is 0 Å². The molecule has 2 heteroatoms. The van der Waals surface area contributed by atoms with Crippen molar-refractivity contribution in [3.63, 3.8) is 0 Å². The summed E-state index contributed by atoms with van der Waals surface area (Å²) in [4.78, 5) is 11.1. The van der Waals surface area contributed by atoms with E-state index in [1.54, 1.807) is 6.92 Å². The summed E-state index contributed by atoms with van der Waals surface area (Å²) in [5.41, 5.74) is 3.16. The Hall–Kier alpha value is -0.380. The van der Waals surface area contributed by atoms with Crippen molar-refractivity contribution >= 4 is 28.4 Å². The van der Waals surface area contributed by atoms with Crippen LogP contribution in [-0.2, 0) is 0 Å². The molecule has 0 heterocycles. The molecule has 0 unspecified atom stereocenters. The van der Waals surface area contributed by atoms with Gasteiger partial charge in [-0.1, -0.05) is 6.07 Å². The van der Waals surface area contributed by atoms with Gasteiger partial charge in [0.25, 0.3) is 0 Å². The largest absolute Gasteiger partial charge is 0.295 e. The predicted molar refractivity (Wildman–Crippen MR) is 58.6 cm³/mol. The summed E-state index contributed by atoms with van der Waals surface area (Å²) in [5.74, 6) is 0.145. The van der Waals surface area contributed by atoms with Crippen molar-refractivity contribution in [1.29, 1.82) is 0 Å². The van der Waals surface area contributed by atoms with Crippen molar-refractivity contribution in [1.82, 2.24) is 0 Å². The first-order valence-electron chi connectivity index (χ1n) is 3.80. The lowest BCUT2D eigenvalue weighted by Crippen LogP contribution is -1.99. The first kappa shape index (κ1) is 9.71. The molecule has 1 rings (SSSR count). The van der Waals surface area contributed by atoms with Gasteiger partial charge in [0, 0.05) is 9.13 Å². The predicted octanol–water partition coefficient (Wildman–Crippen LogP) is 3.11. The third-order valence-corrected chi connectivity index (χ3v) is 3.27. The number of ketones is 1. The summed E-state index contributed by atoms with van der Waals surface area (Å²) in [6, 6.07) is 3.88. The first-order valence-corrected chi connectivity index (χ1v) is 4.88. The molecule has 0 spiro atoms. The number of hydrogen-bond acceptors (Lipinski definition) is 1. The van der Waals surface area contributed by atoms with Gasteiger partial charge in [-0.25, -0.2) is 0 Å². The molecule has 0 amide bonds. The zero-order valence-corrected chi connectivity index (χ0v) is 9.60. The summed E-state index contributed by atoms with van der Waals surface area (Å²) in [6.45, 7) is 5.65. The maximum Gasteiger partial charge on any atom is 0.160 e. The van der Waals surface area contributed by atoms with Gasteiger partial charge >= 0.3 is 0 Å². The fourth-order valence-corrected chi connectivity index (χ4v) is 1.75. The molecule has 0 aromatic heterocycles. The van der Waals surface area contributed by atoms with Crippen molar-refractivity contribution in [3.8, 4) is 0 Å². The lowest BCUT2D eigenvalue weighted by atomic mass is 10.0. The van der Waals surface area contributed by atoms with E-state index in [9.17, 15) is 4.79 Å². The van der Waals surface area contributed by atoms with E-state index in [0.717, 1.165) is 11.1 Å². The van der Waals surface area contributed by atoms with Gasteiger partial charge in [0.05, 0.1) is 0 Å². The fraction of sp³-hybridized carbons (Fsp3) is 0.300. The molecule has 0 aliphatic heterocycles. The minimum Gasteiger partial charge on any atom is -0.295 e. The number of carbonyl (C=O) groups is 1. The molecule has 0 aliphatic carbocycles. The van der Waals surface area contributed by atoms with Gasteiger partial charge in [-0.05, 0) is 60.6 Å². The molecule has 1 aromatic carbocycles. The van der Waals surface area contributed by atoms with Crippen LogP contribution < -0.4 is 0 Å². The van der Waals surface area contributed by atoms with E-state index >= 15 is 0 Å². The second kappa shape index (κ2) is 3.56. The summed E-state index contributed by atoms with van der Waals surface area (Å²) in [7, 11) is 0. The highest BCUT2D eigenvalue weighted by molar-refractivity contribution is 14.1. The van der Waals surface area contributed by atoms with Crippen molar-refractivity contribution in [2.24, 2.45) is 0 Å². The number of rotatable bonds is 1. The normalized spacial score (nSPS) is 10.0. The Morgan fingerprint density at radius 3 is 2.33 bits per heavy atom. The maximum absolute atomic E-state index is 11.1. The third-order valence-electron chi connectivity index (χ3n) is 2.10. The van der Waals surface area contributed by atoms with E-state index in [1.807, 2.05) is 26.0 Å². The topological polar surface area (TPSA) is 17.1 Å². The highest BCUT2D eigenvalue weighted by Crippen LogP contribution is 2.19. The second-order valence-electron chi connectivity index (χ2n) is 2.90. The Kier molecular flexibility index (Phi) is 2.88. The molecule has 0 N–H and O–H groups in total. The van der Waals surface area contributed by atoms with Crippen LogP contribution in [0.4, 0.5) is 0 Å². The Morgan fingerprint density at radius 1 is 1.25 bits per heavy atom. The molecule has 0 saturated heterocycles. The Labute approximate surface area is 86.3 Å². The van der Waals surface area contributed by atoms with Gasteiger partial charge in [-0.2, -0.15) is 0 Å². The van der Waals surface area contributed by atoms with Gasteiger partial charge in [0.1, 0.15) is 0 Å². The van der Waals surface area contributed by atoms with Crippen LogP contribution in [0.2, 0.25) is 0 Å². The number of carbonyl (C=O) groups excluding carboxylic acids is 1. The highest BCUT2D eigenvalue weighted by Gasteiger charge is 2.07. The van der Waals surface area contributed by atoms with Crippen LogP contribution in [0.15, 0.2) is 12.1 Å². The van der Waals surface area contributed by atoms with Crippen LogP contribution in [0, 0.1) is 17.4 Å². The zero-order valence-electron chi connectivity index (χ0n) is 7.44. The standard InChI is InChI=1S/C10H11IO/c1-6-7(2)10(11)5-4-9(6)8(3)12/h4-5H,1-3H3. The summed E-state index contributed by atoms with van der Waals surface area (Å²) >= 11 is 2.28. The Bertz CT molecular complexity index is 329. The molecule has 0 radical (unpaired) electrons. The number of Topliss-reactive ketones (excluding diaryl/α,β-unsaturated/α-hetero) is 1. The lowest BCUT2D eigenvalue weighted by Gasteiger charge is -2.06. The molecule has 1 nitrogen and oxygen atoms in total. The van der Waals surface area contributed by atoms with Crippen LogP contribution >= 0.6 is 22.6 Å². The lowest BCUT2D eigenvalue weighted by molar-refractivity contribution is 0.101. The average molecular weight is 274 g/mol. The van der Waals surface area contributed by atoms with E-state index in [-0.39, 0.29) is 5.78 Å². The van der Waals surface area contributed by atoms with E-state index < -0.39 is 0 Å². The van der Waals surface area contributed by atoms with Crippen molar-refractivity contribution < 1.29 is 4.79 Å². The van der Waals surface area contributed by atoms with Gasteiger partial charge in [-0.15, -0.1) is 0 Å². The summed E-state index contributed by atoms with van der Waals surface area (Å²) in [5, 5.41) is 0. The summed E-state index contributed by atoms with van der Waals surface area (Å²) in [6.07, 6.45) is 0. The van der Waals surface area contributed by atoms with E-state index in [2.05, 4.69) is 22.6 Å². The van der Waals surface area contributed by atoms with Gasteiger partial charge in [-0.3, -0.25) is 4.79 Å². The molecule has 0 bridgehead atoms. The van der Waals surface area contributed by atoms with Crippen molar-refractivity contribution in [3.05, 3.63) is 32.4 Å². The van der Waals surface area contributed by atoms with Crippen LogP contribution in [0.5, 0.6) is 0 Å². The third kappa shape index (κ3) is 1.68. The molecule has 0 fully saturated rings. The van der Waals surface area contributed by atoms with E-state index in [4.69, 9.17) is 0 Å². The van der Waals surface area contributed by atoms with Gasteiger partial charge < -0.3 is 0 Å². The zero-order chi connectivity index (χ0) is 9.30. The number of halogens is 1. The number of hydrogen-bond donors (Lipinski definition) is 0. The maximum atomic E-state index is 11.1. The molecule has 0 atom stereocenters. The van der Waals surface area contributed by atoms with Crippen LogP contribution in [-0.4, -0.2) is 5.78 Å². The molecular weight excluding hydrogens is 263 g/mol. The SMILES string of the molecule is CC(=O)c1ccc(I)c(C)c1C. The van der Waals surface area contributed by atoms with E-state index in [1.165, 1.54) is 9.13 Å². The minimum atomic E-state index is 0.145. The second-order valence-corrected chi connectivity index (χ2v) is 4.06. The monoisotopic (exact) mass is 274 g/mol. The minimum absolute atomic E-state index is 0.145. The van der Waals surface area contributed by atoms with Crippen LogP contribution in [0.1, 0.15) is 28.4 Å². The smallest absolute Gasteiger partial charge is 0.160 e. The molecule has 12 heavy (non-hydrogen) atoms. The first-order chi connectivity index (χ1) is 5.54. The molecule has 1 aromatic rings. The van der Waals surface area contributed by atoms with Crippen LogP contribution in [0.3, 0.4) is 0 Å². The average Bonchev–Trinajstić information content (AvgIpc) is 2.00. The summed E-state index contributed by atoms with van der Waals surface area (Å²) < 4.78 is 1.22. The fourth-order valence-electron chi connectivity index (χ4n) is 1.17. The molecule has 0 aliphatic rings. The van der Waals surface area contributed by atoms with Crippen molar-refractivity contribution in [2.45, 2.75) is 20.8 Å². The molecule has 0 saturated carbocycles. The highest BCUT2D eigenvalue weighted by atomic mass is 127. The molecular formula is C10H11IO. The Balaban J connectivity index is 3.36. The van der Waals surface area contributed by atoms with Gasteiger partial charge in [0.15, 0.2) is 5.78 Å². The van der Waals surface area contributed by atoms with Gasteiger partial charge in [0.2, 0.25) is 0 Å². The molecule has 64 valence electrons. The Morgan fingerprint density at radius 2 is 1.83 bits per heavy atom. The van der Waals surface area contributed by atoms with Crippen LogP contribution in [0.25, 0.3) is 0 Å². The van der Waals surface area contributed by atoms with E-state index in [0.29, 0.717) is 0 Å².